The zero-order chi connectivity index (χ0) is 4.83. The largest absolute Gasteiger partial charge is 0.149 e. The number of terminal acetylenes is 1. The summed E-state index contributed by atoms with van der Waals surface area (Å²) in [7, 11) is 0. The molecule has 0 saturated heterocycles. The van der Waals surface area contributed by atoms with Crippen LogP contribution in [0.1, 0.15) is 6.92 Å². The summed E-state index contributed by atoms with van der Waals surface area (Å²) in [5, 5.41) is 0. The molecule has 0 nitrogen and oxygen atoms in total. The predicted octanol–water partition coefficient (Wildman–Crippen LogP) is 1.37. The molecule has 0 aliphatic rings. The Morgan fingerprint density at radius 2 is 2.50 bits per heavy atom. The Morgan fingerprint density at radius 3 is 2.67 bits per heavy atom. The van der Waals surface area contributed by atoms with Gasteiger partial charge in [0.1, 0.15) is 0 Å². The summed E-state index contributed by atoms with van der Waals surface area (Å²) >= 11 is 1.77. The first-order valence-corrected chi connectivity index (χ1v) is 3.08. The molecule has 0 bridgehead atoms. The third-order valence-electron chi connectivity index (χ3n) is 0.390. The Labute approximate surface area is 43.3 Å². The molecular weight excluding hydrogens is 92.1 g/mol. The second-order valence-electron chi connectivity index (χ2n) is 0.841. The molecule has 0 aliphatic carbocycles. The van der Waals surface area contributed by atoms with Crippen molar-refractivity contribution in [2.75, 3.05) is 11.5 Å². The molecule has 0 amide bonds. The van der Waals surface area contributed by atoms with Crippen molar-refractivity contribution in [3.63, 3.8) is 0 Å². The lowest BCUT2D eigenvalue weighted by Gasteiger charge is -1.80. The van der Waals surface area contributed by atoms with E-state index in [9.17, 15) is 0 Å². The molecule has 0 radical (unpaired) electrons. The minimum atomic E-state index is 0.858. The highest BCUT2D eigenvalue weighted by Gasteiger charge is 1.70. The van der Waals surface area contributed by atoms with Crippen LogP contribution in [0.15, 0.2) is 0 Å². The van der Waals surface area contributed by atoms with E-state index in [0.29, 0.717) is 0 Å². The van der Waals surface area contributed by atoms with Gasteiger partial charge in [-0.2, -0.15) is 0 Å². The van der Waals surface area contributed by atoms with E-state index in [2.05, 4.69) is 12.8 Å². The zero-order valence-corrected chi connectivity index (χ0v) is 4.72. The average Bonchev–Trinajstić information content (AvgIpc) is 1.61. The Morgan fingerprint density at radius 1 is 1.83 bits per heavy atom. The van der Waals surface area contributed by atoms with Gasteiger partial charge in [-0.05, 0) is 5.75 Å². The maximum Gasteiger partial charge on any atom is 0.0544 e. The van der Waals surface area contributed by atoms with Crippen LogP contribution in [0.5, 0.6) is 0 Å². The molecule has 0 heterocycles. The average molecular weight is 100 g/mol. The maximum absolute atomic E-state index is 4.94. The first-order chi connectivity index (χ1) is 2.91. The van der Waals surface area contributed by atoms with Crippen LogP contribution in [0.25, 0.3) is 0 Å². The lowest BCUT2D eigenvalue weighted by molar-refractivity contribution is 1.52. The first-order valence-electron chi connectivity index (χ1n) is 1.93. The molecule has 1 heteroatoms. The minimum absolute atomic E-state index is 0.858. The van der Waals surface area contributed by atoms with Gasteiger partial charge in [-0.3, -0.25) is 0 Å². The Kier molecular flexibility index (Phi) is 4.84. The summed E-state index contributed by atoms with van der Waals surface area (Å²) in [6, 6.07) is 0. The van der Waals surface area contributed by atoms with Gasteiger partial charge in [0.15, 0.2) is 0 Å². The highest BCUT2D eigenvalue weighted by atomic mass is 32.2. The Hall–Kier alpha value is -0.0900. The van der Waals surface area contributed by atoms with Crippen LogP contribution in [0.3, 0.4) is 0 Å². The van der Waals surface area contributed by atoms with Crippen LogP contribution in [-0.2, 0) is 0 Å². The van der Waals surface area contributed by atoms with Gasteiger partial charge in [-0.15, -0.1) is 18.2 Å². The van der Waals surface area contributed by atoms with Crippen LogP contribution < -0.4 is 0 Å². The van der Waals surface area contributed by atoms with E-state index < -0.39 is 0 Å². The smallest absolute Gasteiger partial charge is 0.0544 e. The molecule has 0 aromatic heterocycles. The van der Waals surface area contributed by atoms with Gasteiger partial charge in [0.2, 0.25) is 0 Å². The van der Waals surface area contributed by atoms with Crippen LogP contribution in [0.4, 0.5) is 0 Å². The molecule has 0 unspecified atom stereocenters. The molecule has 0 aromatic rings. The van der Waals surface area contributed by atoms with Crippen molar-refractivity contribution in [2.45, 2.75) is 6.92 Å². The standard InChI is InChI=1S/C5H8S/c1-3-5-6-4-2/h1H,4-5H2,2H3. The van der Waals surface area contributed by atoms with E-state index >= 15 is 0 Å². The normalized spacial score (nSPS) is 7.33. The van der Waals surface area contributed by atoms with Crippen LogP contribution in [-0.4, -0.2) is 11.5 Å². The van der Waals surface area contributed by atoms with Gasteiger partial charge < -0.3 is 0 Å². The highest BCUT2D eigenvalue weighted by Crippen LogP contribution is 1.93. The second-order valence-corrected chi connectivity index (χ2v) is 2.12. The third-order valence-corrected chi connectivity index (χ3v) is 1.17. The lowest BCUT2D eigenvalue weighted by atomic mass is 10.8. The summed E-state index contributed by atoms with van der Waals surface area (Å²) in [5.74, 6) is 4.52. The van der Waals surface area contributed by atoms with E-state index in [-0.39, 0.29) is 0 Å². The summed E-state index contributed by atoms with van der Waals surface area (Å²) in [4.78, 5) is 0. The number of hydrogen-bond acceptors (Lipinski definition) is 1. The fraction of sp³-hybridized carbons (Fsp3) is 0.600. The molecule has 0 fully saturated rings. The van der Waals surface area contributed by atoms with E-state index in [1.807, 2.05) is 0 Å². The molecule has 34 valence electrons. The van der Waals surface area contributed by atoms with Gasteiger partial charge in [-0.25, -0.2) is 0 Å². The van der Waals surface area contributed by atoms with Crippen molar-refractivity contribution >= 4 is 11.8 Å². The zero-order valence-electron chi connectivity index (χ0n) is 3.90. The van der Waals surface area contributed by atoms with Crippen molar-refractivity contribution in [1.82, 2.24) is 0 Å². The molecule has 0 aromatic carbocycles. The summed E-state index contributed by atoms with van der Waals surface area (Å²) in [6.45, 7) is 2.10. The third kappa shape index (κ3) is 3.91. The molecule has 0 spiro atoms. The van der Waals surface area contributed by atoms with Gasteiger partial charge >= 0.3 is 0 Å². The molecule has 0 rings (SSSR count). The fourth-order valence-corrected chi connectivity index (χ4v) is 0.483. The number of thioether (sulfide) groups is 1. The lowest BCUT2D eigenvalue weighted by Crippen LogP contribution is -1.68. The van der Waals surface area contributed by atoms with Gasteiger partial charge in [0.25, 0.3) is 0 Å². The second kappa shape index (κ2) is 4.91. The highest BCUT2D eigenvalue weighted by molar-refractivity contribution is 7.99. The number of rotatable bonds is 2. The molecule has 0 N–H and O–H groups in total. The van der Waals surface area contributed by atoms with Crippen molar-refractivity contribution < 1.29 is 0 Å². The SMILES string of the molecule is C#CCSCC. The first kappa shape index (κ1) is 5.91. The molecule has 6 heavy (non-hydrogen) atoms. The fourth-order valence-electron chi connectivity index (χ4n) is 0.161. The molecule has 0 aliphatic heterocycles. The van der Waals surface area contributed by atoms with Gasteiger partial charge in [0, 0.05) is 0 Å². The van der Waals surface area contributed by atoms with Gasteiger partial charge in [0.05, 0.1) is 5.75 Å². The predicted molar refractivity (Wildman–Crippen MR) is 31.8 cm³/mol. The Balaban J connectivity index is 2.54. The maximum atomic E-state index is 4.94. The molecule has 0 saturated carbocycles. The van der Waals surface area contributed by atoms with Gasteiger partial charge in [-0.1, -0.05) is 12.8 Å². The summed E-state index contributed by atoms with van der Waals surface area (Å²) in [5.41, 5.74) is 0. The van der Waals surface area contributed by atoms with Crippen LogP contribution in [0, 0.1) is 12.3 Å². The van der Waals surface area contributed by atoms with E-state index in [1.165, 1.54) is 0 Å². The summed E-state index contributed by atoms with van der Waals surface area (Å²) in [6.07, 6.45) is 4.94. The number of hydrogen-bond donors (Lipinski definition) is 0. The van der Waals surface area contributed by atoms with Crippen LogP contribution >= 0.6 is 11.8 Å². The monoisotopic (exact) mass is 100 g/mol. The minimum Gasteiger partial charge on any atom is -0.149 e. The topological polar surface area (TPSA) is 0 Å². The summed E-state index contributed by atoms with van der Waals surface area (Å²) < 4.78 is 0. The van der Waals surface area contributed by atoms with E-state index in [1.54, 1.807) is 11.8 Å². The molecular formula is C5H8S. The van der Waals surface area contributed by atoms with Crippen molar-refractivity contribution in [2.24, 2.45) is 0 Å². The molecule has 0 atom stereocenters. The van der Waals surface area contributed by atoms with Crippen molar-refractivity contribution in [1.29, 1.82) is 0 Å². The van der Waals surface area contributed by atoms with Crippen molar-refractivity contribution in [3.8, 4) is 12.3 Å². The quantitative estimate of drug-likeness (QED) is 0.373. The van der Waals surface area contributed by atoms with Crippen LogP contribution in [0.2, 0.25) is 0 Å². The van der Waals surface area contributed by atoms with Crippen molar-refractivity contribution in [3.05, 3.63) is 0 Å². The van der Waals surface area contributed by atoms with E-state index in [4.69, 9.17) is 6.42 Å². The van der Waals surface area contributed by atoms with E-state index in [0.717, 1.165) is 11.5 Å². The Bertz CT molecular complexity index is 51.4.